The first kappa shape index (κ1) is 14.5. The molecule has 2 atom stereocenters. The largest absolute Gasteiger partial charge is 0.458 e. The van der Waals surface area contributed by atoms with Crippen LogP contribution in [0.3, 0.4) is 0 Å². The van der Waals surface area contributed by atoms with Gasteiger partial charge in [-0.3, -0.25) is 0 Å². The van der Waals surface area contributed by atoms with E-state index in [-0.39, 0.29) is 24.6 Å². The first-order valence-electron chi connectivity index (χ1n) is 6.55. The van der Waals surface area contributed by atoms with Crippen LogP contribution in [-0.4, -0.2) is 35.9 Å². The summed E-state index contributed by atoms with van der Waals surface area (Å²) in [4.78, 5) is 22.1. The summed E-state index contributed by atoms with van der Waals surface area (Å²) in [6.45, 7) is 3.86. The molecule has 0 amide bonds. The highest BCUT2D eigenvalue weighted by atomic mass is 16.5. The lowest BCUT2D eigenvalue weighted by molar-refractivity contribution is -0.139. The smallest absolute Gasteiger partial charge is 0.334 e. The third-order valence-electron chi connectivity index (χ3n) is 3.21. The fraction of sp³-hybridized carbons (Fsp3) is 0.467. The molecule has 2 aliphatic rings. The van der Waals surface area contributed by atoms with Crippen LogP contribution in [-0.2, 0) is 19.1 Å². The molecule has 0 spiro atoms. The third-order valence-corrected chi connectivity index (χ3v) is 3.21. The molecule has 0 aromatic carbocycles. The van der Waals surface area contributed by atoms with Crippen molar-refractivity contribution in [1.29, 1.82) is 0 Å². The Kier molecular flexibility index (Phi) is 4.39. The van der Waals surface area contributed by atoms with Crippen LogP contribution in [0.4, 0.5) is 0 Å². The minimum atomic E-state index is -0.669. The molecule has 0 radical (unpaired) electrons. The Labute approximate surface area is 117 Å². The molecule has 0 unspecified atom stereocenters. The summed E-state index contributed by atoms with van der Waals surface area (Å²) in [5.41, 5.74) is 2.34. The number of aliphatic hydroxyl groups is 1. The van der Waals surface area contributed by atoms with Gasteiger partial charge < -0.3 is 14.6 Å². The highest BCUT2D eigenvalue weighted by Crippen LogP contribution is 2.20. The maximum absolute atomic E-state index is 11.2. The summed E-state index contributed by atoms with van der Waals surface area (Å²) in [5, 5.41) is 9.94. The van der Waals surface area contributed by atoms with Gasteiger partial charge in [-0.2, -0.15) is 0 Å². The molecule has 2 rings (SSSR count). The molecule has 0 fully saturated rings. The molecule has 0 saturated heterocycles. The van der Waals surface area contributed by atoms with Crippen LogP contribution < -0.4 is 0 Å². The topological polar surface area (TPSA) is 72.8 Å². The van der Waals surface area contributed by atoms with Gasteiger partial charge in [-0.15, -0.1) is 0 Å². The minimum absolute atomic E-state index is 0.249. The molecule has 1 N–H and O–H groups in total. The van der Waals surface area contributed by atoms with E-state index in [0.717, 1.165) is 11.1 Å². The molecular weight excluding hydrogens is 260 g/mol. The Bertz CT molecular complexity index is 512. The Balaban J connectivity index is 1.85. The number of esters is 2. The van der Waals surface area contributed by atoms with Gasteiger partial charge in [-0.25, -0.2) is 9.59 Å². The van der Waals surface area contributed by atoms with Gasteiger partial charge in [-0.1, -0.05) is 11.6 Å². The number of hydrogen-bond donors (Lipinski definition) is 1. The molecule has 0 aliphatic carbocycles. The Morgan fingerprint density at radius 3 is 2.85 bits per heavy atom. The first-order valence-corrected chi connectivity index (χ1v) is 6.55. The van der Waals surface area contributed by atoms with Crippen molar-refractivity contribution >= 4 is 11.9 Å². The van der Waals surface area contributed by atoms with Gasteiger partial charge >= 0.3 is 11.9 Å². The summed E-state index contributed by atoms with van der Waals surface area (Å²) >= 11 is 0. The lowest BCUT2D eigenvalue weighted by Gasteiger charge is -2.11. The monoisotopic (exact) mass is 278 g/mol. The minimum Gasteiger partial charge on any atom is -0.458 e. The van der Waals surface area contributed by atoms with Crippen molar-refractivity contribution in [3.63, 3.8) is 0 Å². The van der Waals surface area contributed by atoms with E-state index in [1.165, 1.54) is 6.08 Å². The lowest BCUT2D eigenvalue weighted by atomic mass is 10.0. The zero-order valence-electron chi connectivity index (χ0n) is 11.6. The zero-order chi connectivity index (χ0) is 14.7. The maximum atomic E-state index is 11.2. The van der Waals surface area contributed by atoms with E-state index in [1.807, 2.05) is 6.92 Å². The quantitative estimate of drug-likeness (QED) is 0.608. The number of ether oxygens (including phenoxy) is 2. The van der Waals surface area contributed by atoms with Crippen molar-refractivity contribution in [2.75, 3.05) is 6.61 Å². The van der Waals surface area contributed by atoms with Gasteiger partial charge in [0.2, 0.25) is 0 Å². The molecular formula is C15H18O5. The highest BCUT2D eigenvalue weighted by molar-refractivity contribution is 5.90. The fourth-order valence-corrected chi connectivity index (χ4v) is 2.28. The van der Waals surface area contributed by atoms with Crippen molar-refractivity contribution in [1.82, 2.24) is 0 Å². The van der Waals surface area contributed by atoms with E-state index in [0.29, 0.717) is 18.4 Å². The van der Waals surface area contributed by atoms with Gasteiger partial charge in [0.1, 0.15) is 12.7 Å². The van der Waals surface area contributed by atoms with E-state index in [4.69, 9.17) is 9.47 Å². The van der Waals surface area contributed by atoms with Crippen molar-refractivity contribution in [3.8, 4) is 0 Å². The van der Waals surface area contributed by atoms with Gasteiger partial charge in [-0.05, 0) is 25.5 Å². The Hall–Kier alpha value is -1.88. The predicted molar refractivity (Wildman–Crippen MR) is 71.7 cm³/mol. The number of hydrogen-bond acceptors (Lipinski definition) is 5. The molecule has 5 heteroatoms. The molecule has 2 aliphatic heterocycles. The van der Waals surface area contributed by atoms with E-state index in [1.54, 1.807) is 19.1 Å². The number of aliphatic hydroxyl groups excluding tert-OH is 1. The third kappa shape index (κ3) is 3.81. The van der Waals surface area contributed by atoms with Gasteiger partial charge in [0, 0.05) is 24.5 Å². The standard InChI is InChI=1S/C15H18O5/c1-9(4-13-5-10(2)15(18)20-13)3-12(16)6-11-7-14(17)19-8-11/h3,5,7,12-13,16H,4,6,8H2,1-2H3/b9-3+/t12-,13+/m0/s1. The van der Waals surface area contributed by atoms with Crippen LogP contribution in [0.1, 0.15) is 26.7 Å². The second-order valence-electron chi connectivity index (χ2n) is 5.19. The van der Waals surface area contributed by atoms with Crippen LogP contribution in [0.2, 0.25) is 0 Å². The van der Waals surface area contributed by atoms with Crippen LogP contribution >= 0.6 is 0 Å². The van der Waals surface area contributed by atoms with Crippen LogP contribution in [0.5, 0.6) is 0 Å². The van der Waals surface area contributed by atoms with Crippen molar-refractivity contribution in [2.24, 2.45) is 0 Å². The van der Waals surface area contributed by atoms with Crippen molar-refractivity contribution in [2.45, 2.75) is 38.9 Å². The molecule has 0 bridgehead atoms. The van der Waals surface area contributed by atoms with Crippen LogP contribution in [0, 0.1) is 0 Å². The molecule has 0 saturated carbocycles. The molecule has 2 heterocycles. The summed E-state index contributed by atoms with van der Waals surface area (Å²) in [7, 11) is 0. The average molecular weight is 278 g/mol. The molecule has 0 aromatic rings. The second-order valence-corrected chi connectivity index (χ2v) is 5.19. The van der Waals surface area contributed by atoms with Crippen molar-refractivity contribution < 1.29 is 24.2 Å². The Morgan fingerprint density at radius 1 is 1.55 bits per heavy atom. The maximum Gasteiger partial charge on any atom is 0.334 e. The normalized spacial score (nSPS) is 24.1. The van der Waals surface area contributed by atoms with E-state index in [2.05, 4.69) is 0 Å². The van der Waals surface area contributed by atoms with Crippen LogP contribution in [0.25, 0.3) is 0 Å². The highest BCUT2D eigenvalue weighted by Gasteiger charge is 2.22. The summed E-state index contributed by atoms with van der Waals surface area (Å²) in [5.74, 6) is -0.637. The van der Waals surface area contributed by atoms with Crippen molar-refractivity contribution in [3.05, 3.63) is 34.9 Å². The first-order chi connectivity index (χ1) is 9.44. The predicted octanol–water partition coefficient (Wildman–Crippen LogP) is 1.43. The average Bonchev–Trinajstić information content (AvgIpc) is 2.86. The summed E-state index contributed by atoms with van der Waals surface area (Å²) in [6, 6.07) is 0. The molecule has 20 heavy (non-hydrogen) atoms. The van der Waals surface area contributed by atoms with Gasteiger partial charge in [0.25, 0.3) is 0 Å². The van der Waals surface area contributed by atoms with Crippen LogP contribution in [0.15, 0.2) is 34.9 Å². The molecule has 0 aromatic heterocycles. The van der Waals surface area contributed by atoms with E-state index >= 15 is 0 Å². The lowest BCUT2D eigenvalue weighted by Crippen LogP contribution is -2.10. The number of carbonyl (C=O) groups is 2. The fourth-order valence-electron chi connectivity index (χ4n) is 2.28. The number of cyclic esters (lactones) is 2. The SMILES string of the molecule is CC1=C[C@@H](C/C(C)=C/[C@H](O)CC2=CC(=O)OC2)OC1=O. The number of carbonyl (C=O) groups excluding carboxylic acids is 2. The van der Waals surface area contributed by atoms with Gasteiger partial charge in [0.05, 0.1) is 6.10 Å². The second kappa shape index (κ2) is 6.05. The molecule has 108 valence electrons. The van der Waals surface area contributed by atoms with E-state index < -0.39 is 6.10 Å². The molecule has 5 nitrogen and oxygen atoms in total. The Morgan fingerprint density at radius 2 is 2.30 bits per heavy atom. The van der Waals surface area contributed by atoms with E-state index in [9.17, 15) is 14.7 Å². The summed E-state index contributed by atoms with van der Waals surface area (Å²) in [6.07, 6.45) is 4.95. The summed E-state index contributed by atoms with van der Waals surface area (Å²) < 4.78 is 9.92. The number of rotatable bonds is 5. The zero-order valence-corrected chi connectivity index (χ0v) is 11.6. The van der Waals surface area contributed by atoms with Gasteiger partial charge in [0.15, 0.2) is 0 Å².